The highest BCUT2D eigenvalue weighted by atomic mass is 35.5. The van der Waals surface area contributed by atoms with E-state index in [0.29, 0.717) is 34.3 Å². The van der Waals surface area contributed by atoms with Crippen LogP contribution in [0.2, 0.25) is 5.02 Å². The fraction of sp³-hybridized carbons (Fsp3) is 0.125. The molecule has 2 heterocycles. The van der Waals surface area contributed by atoms with Crippen molar-refractivity contribution >= 4 is 34.7 Å². The lowest BCUT2D eigenvalue weighted by molar-refractivity contribution is 0.102. The Morgan fingerprint density at radius 2 is 1.85 bits per heavy atom. The standard InChI is InChI=1S/C24H21ClN6O2/c1-3-15-6-9-18(29-21-10-14(2)27-13-28-21)11-20(15)30-23(32)19-12-26-22(31-24(19)33)16-4-7-17(25)8-5-16/h4-13H,3H2,1-2H3,(H,30,32)(H,26,31,33)(H,27,28,29). The van der Waals surface area contributed by atoms with Gasteiger partial charge in [0.1, 0.15) is 23.5 Å². The molecule has 0 atom stereocenters. The first-order chi connectivity index (χ1) is 15.9. The van der Waals surface area contributed by atoms with Gasteiger partial charge in [0.15, 0.2) is 0 Å². The predicted molar refractivity (Wildman–Crippen MR) is 129 cm³/mol. The van der Waals surface area contributed by atoms with E-state index in [-0.39, 0.29) is 5.56 Å². The zero-order valence-corrected chi connectivity index (χ0v) is 18.8. The number of carbonyl (C=O) groups is 1. The zero-order valence-electron chi connectivity index (χ0n) is 18.0. The predicted octanol–water partition coefficient (Wildman–Crippen LogP) is 4.75. The minimum Gasteiger partial charge on any atom is -0.340 e. The number of aryl methyl sites for hydroxylation is 2. The number of amides is 1. The van der Waals surface area contributed by atoms with Crippen molar-refractivity contribution in [3.8, 4) is 11.4 Å². The van der Waals surface area contributed by atoms with Crippen molar-refractivity contribution in [2.45, 2.75) is 20.3 Å². The summed E-state index contributed by atoms with van der Waals surface area (Å²) < 4.78 is 0. The van der Waals surface area contributed by atoms with Crippen LogP contribution >= 0.6 is 11.6 Å². The van der Waals surface area contributed by atoms with Crippen LogP contribution in [0.15, 0.2) is 65.8 Å². The molecule has 8 nitrogen and oxygen atoms in total. The molecule has 0 spiro atoms. The van der Waals surface area contributed by atoms with Gasteiger partial charge in [-0.3, -0.25) is 9.59 Å². The van der Waals surface area contributed by atoms with Gasteiger partial charge in [-0.1, -0.05) is 24.6 Å². The van der Waals surface area contributed by atoms with E-state index in [2.05, 4.69) is 30.6 Å². The van der Waals surface area contributed by atoms with E-state index in [1.54, 1.807) is 30.3 Å². The summed E-state index contributed by atoms with van der Waals surface area (Å²) in [6.45, 7) is 3.86. The van der Waals surface area contributed by atoms with Gasteiger partial charge in [0.05, 0.1) is 0 Å². The normalized spacial score (nSPS) is 10.6. The third-order valence-corrected chi connectivity index (χ3v) is 5.23. The number of nitrogens with one attached hydrogen (secondary N) is 3. The molecule has 9 heteroatoms. The van der Waals surface area contributed by atoms with Crippen LogP contribution < -0.4 is 16.2 Å². The van der Waals surface area contributed by atoms with Crippen LogP contribution in [0.3, 0.4) is 0 Å². The summed E-state index contributed by atoms with van der Waals surface area (Å²) in [5.74, 6) is 0.451. The lowest BCUT2D eigenvalue weighted by Gasteiger charge is -2.13. The number of H-pyrrole nitrogens is 1. The molecule has 4 rings (SSSR count). The second-order valence-electron chi connectivity index (χ2n) is 7.33. The maximum absolute atomic E-state index is 12.9. The molecule has 3 N–H and O–H groups in total. The second kappa shape index (κ2) is 9.62. The van der Waals surface area contributed by atoms with E-state index in [1.165, 1.54) is 12.5 Å². The highest BCUT2D eigenvalue weighted by Gasteiger charge is 2.15. The molecule has 0 unspecified atom stereocenters. The Labute approximate surface area is 195 Å². The van der Waals surface area contributed by atoms with Gasteiger partial charge in [-0.05, 0) is 55.3 Å². The fourth-order valence-electron chi connectivity index (χ4n) is 3.25. The Hall–Kier alpha value is -4.04. The summed E-state index contributed by atoms with van der Waals surface area (Å²) in [4.78, 5) is 40.7. The van der Waals surface area contributed by atoms with Crippen molar-refractivity contribution < 1.29 is 4.79 Å². The molecule has 2 aromatic carbocycles. The van der Waals surface area contributed by atoms with Crippen molar-refractivity contribution in [2.75, 3.05) is 10.6 Å². The van der Waals surface area contributed by atoms with E-state index in [4.69, 9.17) is 11.6 Å². The molecule has 166 valence electrons. The van der Waals surface area contributed by atoms with Gasteiger partial charge in [0.25, 0.3) is 11.5 Å². The monoisotopic (exact) mass is 460 g/mol. The number of aromatic amines is 1. The smallest absolute Gasteiger partial charge is 0.264 e. The quantitative estimate of drug-likeness (QED) is 0.383. The Morgan fingerprint density at radius 3 is 2.55 bits per heavy atom. The Kier molecular flexibility index (Phi) is 6.46. The summed E-state index contributed by atoms with van der Waals surface area (Å²) in [7, 11) is 0. The molecule has 0 aliphatic carbocycles. The summed E-state index contributed by atoms with van der Waals surface area (Å²) in [6, 6.07) is 14.3. The van der Waals surface area contributed by atoms with Crippen molar-refractivity contribution in [3.05, 3.63) is 93.3 Å². The average Bonchev–Trinajstić information content (AvgIpc) is 2.79. The van der Waals surface area contributed by atoms with Gasteiger partial charge in [-0.15, -0.1) is 0 Å². The van der Waals surface area contributed by atoms with Crippen LogP contribution in [0.5, 0.6) is 0 Å². The lowest BCUT2D eigenvalue weighted by atomic mass is 10.1. The van der Waals surface area contributed by atoms with E-state index < -0.39 is 11.5 Å². The molecule has 0 bridgehead atoms. The number of hydrogen-bond acceptors (Lipinski definition) is 6. The number of rotatable bonds is 6. The maximum Gasteiger partial charge on any atom is 0.264 e. The molecule has 1 amide bonds. The van der Waals surface area contributed by atoms with Crippen LogP contribution in [0, 0.1) is 6.92 Å². The first-order valence-electron chi connectivity index (χ1n) is 10.3. The molecule has 0 radical (unpaired) electrons. The molecule has 0 aliphatic heterocycles. The van der Waals surface area contributed by atoms with E-state index in [1.807, 2.05) is 32.0 Å². The number of benzene rings is 2. The third-order valence-electron chi connectivity index (χ3n) is 4.98. The second-order valence-corrected chi connectivity index (χ2v) is 7.77. The molecule has 0 fully saturated rings. The number of anilines is 3. The molecule has 0 saturated heterocycles. The van der Waals surface area contributed by atoms with Crippen LogP contribution in [0.4, 0.5) is 17.2 Å². The Morgan fingerprint density at radius 1 is 1.06 bits per heavy atom. The van der Waals surface area contributed by atoms with Crippen molar-refractivity contribution in [2.24, 2.45) is 0 Å². The SMILES string of the molecule is CCc1ccc(Nc2cc(C)ncn2)cc1NC(=O)c1cnc(-c2ccc(Cl)cc2)[nH]c1=O. The first-order valence-corrected chi connectivity index (χ1v) is 10.7. The van der Waals surface area contributed by atoms with E-state index in [0.717, 1.165) is 16.9 Å². The largest absolute Gasteiger partial charge is 0.340 e. The highest BCUT2D eigenvalue weighted by molar-refractivity contribution is 6.30. The van der Waals surface area contributed by atoms with Crippen molar-refractivity contribution in [1.82, 2.24) is 19.9 Å². The summed E-state index contributed by atoms with van der Waals surface area (Å²) >= 11 is 5.91. The number of carbonyl (C=O) groups excluding carboxylic acids is 1. The minimum atomic E-state index is -0.545. The topological polar surface area (TPSA) is 113 Å². The van der Waals surface area contributed by atoms with Gasteiger partial charge in [-0.2, -0.15) is 0 Å². The average molecular weight is 461 g/mol. The summed E-state index contributed by atoms with van der Waals surface area (Å²) in [6.07, 6.45) is 3.45. The number of halogens is 1. The summed E-state index contributed by atoms with van der Waals surface area (Å²) in [5.41, 5.74) is 3.17. The molecule has 0 aliphatic rings. The van der Waals surface area contributed by atoms with Crippen LogP contribution in [-0.4, -0.2) is 25.8 Å². The van der Waals surface area contributed by atoms with Crippen molar-refractivity contribution in [1.29, 1.82) is 0 Å². The van der Waals surface area contributed by atoms with Gasteiger partial charge >= 0.3 is 0 Å². The third kappa shape index (κ3) is 5.24. The van der Waals surface area contributed by atoms with Crippen molar-refractivity contribution in [3.63, 3.8) is 0 Å². The van der Waals surface area contributed by atoms with E-state index in [9.17, 15) is 9.59 Å². The van der Waals surface area contributed by atoms with E-state index >= 15 is 0 Å². The molecular formula is C24H21ClN6O2. The first kappa shape index (κ1) is 22.2. The maximum atomic E-state index is 12.9. The van der Waals surface area contributed by atoms with Crippen LogP contribution in [-0.2, 0) is 6.42 Å². The number of nitrogens with zero attached hydrogens (tertiary/aromatic N) is 3. The van der Waals surface area contributed by atoms with Gasteiger partial charge in [0.2, 0.25) is 0 Å². The number of aromatic nitrogens is 4. The lowest BCUT2D eigenvalue weighted by Crippen LogP contribution is -2.24. The van der Waals surface area contributed by atoms with Gasteiger partial charge < -0.3 is 15.6 Å². The Balaban J connectivity index is 1.57. The van der Waals surface area contributed by atoms with Crippen LogP contribution in [0.25, 0.3) is 11.4 Å². The summed E-state index contributed by atoms with van der Waals surface area (Å²) in [5, 5.41) is 6.61. The van der Waals surface area contributed by atoms with Crippen LogP contribution in [0.1, 0.15) is 28.5 Å². The highest BCUT2D eigenvalue weighted by Crippen LogP contribution is 2.24. The number of hydrogen-bond donors (Lipinski definition) is 3. The minimum absolute atomic E-state index is 0.0837. The molecule has 0 saturated carbocycles. The molecule has 4 aromatic rings. The Bertz CT molecular complexity index is 1370. The van der Waals surface area contributed by atoms with Gasteiger partial charge in [-0.25, -0.2) is 15.0 Å². The molecular weight excluding hydrogens is 440 g/mol. The fourth-order valence-corrected chi connectivity index (χ4v) is 3.38. The molecule has 2 aromatic heterocycles. The zero-order chi connectivity index (χ0) is 23.4. The van der Waals surface area contributed by atoms with Gasteiger partial charge in [0, 0.05) is 39.9 Å². The molecule has 33 heavy (non-hydrogen) atoms.